The second-order valence-electron chi connectivity index (χ2n) is 11.5. The van der Waals surface area contributed by atoms with Gasteiger partial charge in [-0.15, -0.1) is 0 Å². The van der Waals surface area contributed by atoms with Gasteiger partial charge in [0.2, 0.25) is 0 Å². The van der Waals surface area contributed by atoms with E-state index in [2.05, 4.69) is 20.8 Å². The van der Waals surface area contributed by atoms with Crippen molar-refractivity contribution in [2.24, 2.45) is 70.5 Å². The van der Waals surface area contributed by atoms with Crippen LogP contribution < -0.4 is 0 Å². The van der Waals surface area contributed by atoms with E-state index in [-0.39, 0.29) is 0 Å². The molecule has 6 rings (SSSR count). The van der Waals surface area contributed by atoms with Crippen LogP contribution >= 0.6 is 0 Å². The molecular weight excluding hydrogens is 300 g/mol. The predicted octanol–water partition coefficient (Wildman–Crippen LogP) is 6.79. The van der Waals surface area contributed by atoms with Crippen molar-refractivity contribution in [2.45, 2.75) is 85.0 Å². The highest BCUT2D eigenvalue weighted by Crippen LogP contribution is 2.96. The standard InChI is InChI=1S/C25H40/c1-4-16-12-15-10-11-19-18(9-7-6-8-17(16)13-15)21-23-14(3)22-20(5-2)25(22,23)24(19)21/h14-24H,4-13H2,1-3H3. The van der Waals surface area contributed by atoms with Crippen molar-refractivity contribution in [1.82, 2.24) is 0 Å². The summed E-state index contributed by atoms with van der Waals surface area (Å²) in [6, 6.07) is 0. The molecule has 0 saturated heterocycles. The third-order valence-corrected chi connectivity index (χ3v) is 11.3. The van der Waals surface area contributed by atoms with Crippen LogP contribution in [0.5, 0.6) is 0 Å². The number of hydrogen-bond acceptors (Lipinski definition) is 0. The second kappa shape index (κ2) is 5.29. The van der Waals surface area contributed by atoms with Crippen LogP contribution in [0.1, 0.15) is 85.0 Å². The van der Waals surface area contributed by atoms with Crippen LogP contribution in [-0.2, 0) is 0 Å². The zero-order valence-electron chi connectivity index (χ0n) is 16.9. The molecule has 6 aliphatic carbocycles. The van der Waals surface area contributed by atoms with E-state index in [9.17, 15) is 0 Å². The summed E-state index contributed by atoms with van der Waals surface area (Å²) in [5, 5.41) is 0. The highest BCUT2D eigenvalue weighted by Gasteiger charge is 2.92. The van der Waals surface area contributed by atoms with Gasteiger partial charge in [-0.1, -0.05) is 59.3 Å². The zero-order chi connectivity index (χ0) is 16.9. The van der Waals surface area contributed by atoms with Crippen LogP contribution in [0, 0.1) is 70.5 Å². The van der Waals surface area contributed by atoms with Gasteiger partial charge in [-0.2, -0.15) is 0 Å². The minimum absolute atomic E-state index is 0.935. The molecule has 25 heavy (non-hydrogen) atoms. The van der Waals surface area contributed by atoms with Crippen LogP contribution in [-0.4, -0.2) is 0 Å². The highest BCUT2D eigenvalue weighted by molar-refractivity contribution is 5.39. The number of hydrogen-bond donors (Lipinski definition) is 0. The molecule has 6 fully saturated rings. The molecule has 0 nitrogen and oxygen atoms in total. The molecule has 12 unspecified atom stereocenters. The molecule has 0 radical (unpaired) electrons. The van der Waals surface area contributed by atoms with Crippen molar-refractivity contribution in [2.75, 3.05) is 0 Å². The molecule has 6 aliphatic rings. The van der Waals surface area contributed by atoms with Gasteiger partial charge in [0.25, 0.3) is 0 Å². The zero-order valence-corrected chi connectivity index (χ0v) is 16.9. The van der Waals surface area contributed by atoms with Crippen LogP contribution in [0.3, 0.4) is 0 Å². The maximum Gasteiger partial charge on any atom is -0.0165 e. The molecule has 6 saturated carbocycles. The lowest BCUT2D eigenvalue weighted by molar-refractivity contribution is -0.293. The Morgan fingerprint density at radius 1 is 0.800 bits per heavy atom. The summed E-state index contributed by atoms with van der Waals surface area (Å²) >= 11 is 0. The summed E-state index contributed by atoms with van der Waals surface area (Å²) in [4.78, 5) is 0. The van der Waals surface area contributed by atoms with E-state index in [1.165, 1.54) is 48.3 Å². The normalized spacial score (nSPS) is 64.2. The summed E-state index contributed by atoms with van der Waals surface area (Å²) < 4.78 is 0. The molecule has 0 amide bonds. The third-order valence-electron chi connectivity index (χ3n) is 11.3. The van der Waals surface area contributed by atoms with E-state index in [4.69, 9.17) is 0 Å². The minimum atomic E-state index is 0.935. The fraction of sp³-hybridized carbons (Fsp3) is 1.00. The van der Waals surface area contributed by atoms with Crippen molar-refractivity contribution >= 4 is 0 Å². The SMILES string of the molecule is CCC1CC2CCC3C(CCCCC1C2)C1C2C(C)C4C(CC)C24C31. The average Bonchev–Trinajstić information content (AvgIpc) is 3.08. The Bertz CT molecular complexity index is 544. The number of rotatable bonds is 2. The summed E-state index contributed by atoms with van der Waals surface area (Å²) in [6.07, 6.45) is 15.7. The Morgan fingerprint density at radius 2 is 1.64 bits per heavy atom. The molecule has 0 aromatic heterocycles. The molecule has 0 N–H and O–H groups in total. The van der Waals surface area contributed by atoms with Crippen LogP contribution in [0.15, 0.2) is 0 Å². The van der Waals surface area contributed by atoms with Gasteiger partial charge in [0.1, 0.15) is 0 Å². The summed E-state index contributed by atoms with van der Waals surface area (Å²) in [5.41, 5.74) is 0.935. The minimum Gasteiger partial charge on any atom is -0.0651 e. The van der Waals surface area contributed by atoms with Gasteiger partial charge in [0.15, 0.2) is 0 Å². The van der Waals surface area contributed by atoms with Gasteiger partial charge in [-0.25, -0.2) is 0 Å². The van der Waals surface area contributed by atoms with Gasteiger partial charge in [0.05, 0.1) is 0 Å². The second-order valence-corrected chi connectivity index (χ2v) is 11.5. The van der Waals surface area contributed by atoms with Gasteiger partial charge in [0, 0.05) is 0 Å². The van der Waals surface area contributed by atoms with Crippen molar-refractivity contribution in [1.29, 1.82) is 0 Å². The van der Waals surface area contributed by atoms with Crippen molar-refractivity contribution in [3.63, 3.8) is 0 Å². The Kier molecular flexibility index (Phi) is 3.38. The quantitative estimate of drug-likeness (QED) is 0.519. The summed E-state index contributed by atoms with van der Waals surface area (Å²) in [7, 11) is 0. The molecule has 1 spiro atoms. The molecule has 2 bridgehead atoms. The van der Waals surface area contributed by atoms with Crippen molar-refractivity contribution < 1.29 is 0 Å². The van der Waals surface area contributed by atoms with E-state index in [1.807, 2.05) is 0 Å². The Labute approximate surface area is 155 Å². The number of fused-ring (bicyclic) bond motifs is 7. The van der Waals surface area contributed by atoms with E-state index < -0.39 is 0 Å². The first-order valence-corrected chi connectivity index (χ1v) is 12.2. The predicted molar refractivity (Wildman–Crippen MR) is 104 cm³/mol. The fourth-order valence-electron chi connectivity index (χ4n) is 10.8. The monoisotopic (exact) mass is 340 g/mol. The molecule has 12 atom stereocenters. The van der Waals surface area contributed by atoms with Crippen molar-refractivity contribution in [3.05, 3.63) is 0 Å². The average molecular weight is 341 g/mol. The molecule has 140 valence electrons. The molecule has 0 heterocycles. The first-order valence-electron chi connectivity index (χ1n) is 12.2. The van der Waals surface area contributed by atoms with Gasteiger partial charge >= 0.3 is 0 Å². The molecule has 0 aromatic rings. The Balaban J connectivity index is 1.20. The topological polar surface area (TPSA) is 0 Å². The van der Waals surface area contributed by atoms with Crippen LogP contribution in [0.2, 0.25) is 0 Å². The smallest absolute Gasteiger partial charge is 0.0165 e. The lowest BCUT2D eigenvalue weighted by Gasteiger charge is -2.76. The van der Waals surface area contributed by atoms with E-state index in [0.717, 1.165) is 35.0 Å². The molecule has 0 aromatic carbocycles. The third kappa shape index (κ3) is 1.73. The molecule has 0 aliphatic heterocycles. The first-order chi connectivity index (χ1) is 12.2. The van der Waals surface area contributed by atoms with Gasteiger partial charge in [-0.3, -0.25) is 0 Å². The largest absolute Gasteiger partial charge is 0.0651 e. The maximum absolute atomic E-state index is 2.63. The first kappa shape index (κ1) is 16.0. The lowest BCUT2D eigenvalue weighted by atomic mass is 9.28. The maximum atomic E-state index is 2.63. The summed E-state index contributed by atoms with van der Waals surface area (Å²) in [6.45, 7) is 7.58. The van der Waals surface area contributed by atoms with E-state index in [1.54, 1.807) is 51.4 Å². The van der Waals surface area contributed by atoms with Crippen LogP contribution in [0.25, 0.3) is 0 Å². The molecular formula is C25H40. The Hall–Kier alpha value is 0. The molecule has 0 heteroatoms. The Morgan fingerprint density at radius 3 is 2.40 bits per heavy atom. The fourth-order valence-corrected chi connectivity index (χ4v) is 10.8. The van der Waals surface area contributed by atoms with Crippen LogP contribution in [0.4, 0.5) is 0 Å². The summed E-state index contributed by atoms with van der Waals surface area (Å²) in [5.74, 6) is 12.7. The highest BCUT2D eigenvalue weighted by atomic mass is 15.0. The van der Waals surface area contributed by atoms with Gasteiger partial charge < -0.3 is 0 Å². The van der Waals surface area contributed by atoms with E-state index in [0.29, 0.717) is 0 Å². The lowest BCUT2D eigenvalue weighted by Crippen LogP contribution is -2.72. The van der Waals surface area contributed by atoms with E-state index >= 15 is 0 Å². The van der Waals surface area contributed by atoms with Gasteiger partial charge in [-0.05, 0) is 96.2 Å². The van der Waals surface area contributed by atoms with Crippen molar-refractivity contribution in [3.8, 4) is 0 Å².